The largest absolute Gasteiger partial charge is 1.00 e. The summed E-state index contributed by atoms with van der Waals surface area (Å²) in [5.41, 5.74) is 2.56. The summed E-state index contributed by atoms with van der Waals surface area (Å²) in [5.74, 6) is 0. The molecule has 0 saturated heterocycles. The SMILES string of the molecule is C=C1CC=CC=C1C.[Cl-].[Zn]. The summed E-state index contributed by atoms with van der Waals surface area (Å²) < 4.78 is 0. The van der Waals surface area contributed by atoms with Crippen molar-refractivity contribution in [1.29, 1.82) is 0 Å². The first kappa shape index (κ1) is 12.8. The monoisotopic (exact) mass is 205 g/mol. The Labute approximate surface area is 81.3 Å². The molecule has 0 aromatic carbocycles. The van der Waals surface area contributed by atoms with E-state index in [1.54, 1.807) is 0 Å². The van der Waals surface area contributed by atoms with Crippen molar-refractivity contribution in [2.45, 2.75) is 13.3 Å². The molecule has 1 aliphatic rings. The molecule has 0 saturated carbocycles. The fourth-order valence-electron chi connectivity index (χ4n) is 0.702. The molecule has 0 N–H and O–H groups in total. The van der Waals surface area contributed by atoms with Gasteiger partial charge in [-0.25, -0.2) is 0 Å². The molecular formula is C8H10ClZn-. The second-order valence-electron chi connectivity index (χ2n) is 2.09. The Morgan fingerprint density at radius 3 is 2.40 bits per heavy atom. The molecule has 10 heavy (non-hydrogen) atoms. The van der Waals surface area contributed by atoms with Gasteiger partial charge in [0.15, 0.2) is 0 Å². The Hall–Kier alpha value is 0.133. The first-order valence-electron chi connectivity index (χ1n) is 2.82. The topological polar surface area (TPSA) is 0 Å². The van der Waals surface area contributed by atoms with Gasteiger partial charge in [-0.3, -0.25) is 0 Å². The van der Waals surface area contributed by atoms with Crippen LogP contribution in [-0.4, -0.2) is 0 Å². The van der Waals surface area contributed by atoms with E-state index in [9.17, 15) is 0 Å². The quantitative estimate of drug-likeness (QED) is 0.467. The Morgan fingerprint density at radius 2 is 2.10 bits per heavy atom. The zero-order valence-electron chi connectivity index (χ0n) is 6.23. The van der Waals surface area contributed by atoms with E-state index in [2.05, 4.69) is 31.7 Å². The zero-order valence-corrected chi connectivity index (χ0v) is 9.95. The molecule has 0 fully saturated rings. The Bertz CT molecular complexity index is 168. The van der Waals surface area contributed by atoms with Crippen LogP contribution in [0, 0.1) is 0 Å². The molecule has 1 rings (SSSR count). The first-order valence-corrected chi connectivity index (χ1v) is 2.82. The van der Waals surface area contributed by atoms with Crippen molar-refractivity contribution in [1.82, 2.24) is 0 Å². The predicted octanol–water partition coefficient (Wildman–Crippen LogP) is -0.550. The van der Waals surface area contributed by atoms with Crippen molar-refractivity contribution in [2.75, 3.05) is 0 Å². The van der Waals surface area contributed by atoms with Gasteiger partial charge in [0.1, 0.15) is 0 Å². The van der Waals surface area contributed by atoms with Gasteiger partial charge in [-0.2, -0.15) is 0 Å². The van der Waals surface area contributed by atoms with Gasteiger partial charge >= 0.3 is 0 Å². The van der Waals surface area contributed by atoms with Crippen LogP contribution >= 0.6 is 0 Å². The van der Waals surface area contributed by atoms with Crippen LogP contribution in [0.2, 0.25) is 0 Å². The van der Waals surface area contributed by atoms with Crippen LogP contribution in [0.4, 0.5) is 0 Å². The average Bonchev–Trinajstić information content (AvgIpc) is 1.77. The van der Waals surface area contributed by atoms with Crippen LogP contribution < -0.4 is 12.4 Å². The fraction of sp³-hybridized carbons (Fsp3) is 0.250. The molecule has 0 atom stereocenters. The van der Waals surface area contributed by atoms with Gasteiger partial charge in [0.25, 0.3) is 0 Å². The first-order chi connectivity index (χ1) is 3.80. The predicted molar refractivity (Wildman–Crippen MR) is 36.7 cm³/mol. The van der Waals surface area contributed by atoms with Crippen molar-refractivity contribution < 1.29 is 31.9 Å². The van der Waals surface area contributed by atoms with Crippen molar-refractivity contribution >= 4 is 0 Å². The molecule has 52 valence electrons. The van der Waals surface area contributed by atoms with E-state index in [1.165, 1.54) is 11.1 Å². The molecule has 0 amide bonds. The molecular weight excluding hydrogens is 197 g/mol. The summed E-state index contributed by atoms with van der Waals surface area (Å²) in [4.78, 5) is 0. The third-order valence-electron chi connectivity index (χ3n) is 1.40. The maximum Gasteiger partial charge on any atom is 0 e. The van der Waals surface area contributed by atoms with Crippen LogP contribution in [0.1, 0.15) is 13.3 Å². The van der Waals surface area contributed by atoms with E-state index in [4.69, 9.17) is 0 Å². The molecule has 0 heterocycles. The Balaban J connectivity index is 0. The maximum absolute atomic E-state index is 3.88. The molecule has 0 bridgehead atoms. The van der Waals surface area contributed by atoms with Crippen LogP contribution in [0.3, 0.4) is 0 Å². The van der Waals surface area contributed by atoms with Crippen molar-refractivity contribution in [3.05, 3.63) is 36.0 Å². The molecule has 0 nitrogen and oxygen atoms in total. The number of hydrogen-bond acceptors (Lipinski definition) is 0. The third kappa shape index (κ3) is 3.34. The number of allylic oxidation sites excluding steroid dienone is 5. The van der Waals surface area contributed by atoms with Gasteiger partial charge in [-0.1, -0.05) is 24.8 Å². The summed E-state index contributed by atoms with van der Waals surface area (Å²) in [6, 6.07) is 0. The van der Waals surface area contributed by atoms with Gasteiger partial charge in [-0.05, 0) is 24.5 Å². The van der Waals surface area contributed by atoms with E-state index in [-0.39, 0.29) is 31.9 Å². The maximum atomic E-state index is 3.88. The Morgan fingerprint density at radius 1 is 1.50 bits per heavy atom. The number of rotatable bonds is 0. The van der Waals surface area contributed by atoms with E-state index in [0.717, 1.165) is 6.42 Å². The van der Waals surface area contributed by atoms with E-state index < -0.39 is 0 Å². The summed E-state index contributed by atoms with van der Waals surface area (Å²) in [6.45, 7) is 5.96. The van der Waals surface area contributed by atoms with Crippen LogP contribution in [0.5, 0.6) is 0 Å². The molecule has 1 aliphatic carbocycles. The smallest absolute Gasteiger partial charge is 0 e. The minimum atomic E-state index is 0. The van der Waals surface area contributed by atoms with Gasteiger partial charge in [0, 0.05) is 19.5 Å². The number of hydrogen-bond donors (Lipinski definition) is 0. The van der Waals surface area contributed by atoms with Crippen molar-refractivity contribution in [2.24, 2.45) is 0 Å². The van der Waals surface area contributed by atoms with E-state index in [1.807, 2.05) is 0 Å². The molecule has 0 aromatic rings. The van der Waals surface area contributed by atoms with E-state index >= 15 is 0 Å². The van der Waals surface area contributed by atoms with Crippen molar-refractivity contribution in [3.63, 3.8) is 0 Å². The molecule has 0 aromatic heterocycles. The Kier molecular flexibility index (Phi) is 7.52. The van der Waals surface area contributed by atoms with Gasteiger partial charge in [-0.15, -0.1) is 0 Å². The van der Waals surface area contributed by atoms with Crippen molar-refractivity contribution in [3.8, 4) is 0 Å². The van der Waals surface area contributed by atoms with Crippen LogP contribution in [0.15, 0.2) is 36.0 Å². The standard InChI is InChI=1S/C8H10.ClH.Zn/c1-7-5-3-4-6-8(7)2;;/h3-4,6H,1,5H2,2H3;1H;/p-1. The summed E-state index contributed by atoms with van der Waals surface area (Å²) in [6.07, 6.45) is 7.31. The van der Waals surface area contributed by atoms with E-state index in [0.29, 0.717) is 0 Å². The van der Waals surface area contributed by atoms with Crippen LogP contribution in [-0.2, 0) is 19.5 Å². The molecule has 2 heteroatoms. The molecule has 0 spiro atoms. The third-order valence-corrected chi connectivity index (χ3v) is 1.40. The average molecular weight is 207 g/mol. The molecule has 0 radical (unpaired) electrons. The van der Waals surface area contributed by atoms with Gasteiger partial charge in [0.2, 0.25) is 0 Å². The molecule has 0 aliphatic heterocycles. The van der Waals surface area contributed by atoms with Crippen LogP contribution in [0.25, 0.3) is 0 Å². The number of halogens is 1. The summed E-state index contributed by atoms with van der Waals surface area (Å²) in [7, 11) is 0. The summed E-state index contributed by atoms with van der Waals surface area (Å²) in [5, 5.41) is 0. The summed E-state index contributed by atoms with van der Waals surface area (Å²) >= 11 is 0. The second-order valence-corrected chi connectivity index (χ2v) is 2.09. The zero-order chi connectivity index (χ0) is 5.98. The normalized spacial score (nSPS) is 14.9. The molecule has 0 unspecified atom stereocenters. The second kappa shape index (κ2) is 5.88. The minimum Gasteiger partial charge on any atom is -1.00 e. The van der Waals surface area contributed by atoms with Gasteiger partial charge < -0.3 is 12.4 Å². The minimum absolute atomic E-state index is 0. The fourth-order valence-corrected chi connectivity index (χ4v) is 0.702. The van der Waals surface area contributed by atoms with Gasteiger partial charge in [0.05, 0.1) is 0 Å².